The van der Waals surface area contributed by atoms with Crippen molar-refractivity contribution in [3.8, 4) is 0 Å². The Bertz CT molecular complexity index is 1500. The molecule has 0 fully saturated rings. The molecule has 0 N–H and O–H groups in total. The van der Waals surface area contributed by atoms with Crippen molar-refractivity contribution in [1.29, 1.82) is 0 Å². The van der Waals surface area contributed by atoms with Crippen molar-refractivity contribution in [1.82, 2.24) is 0 Å². The minimum atomic E-state index is -0.781. The average Bonchev–Trinajstić information content (AvgIpc) is 3.47. The predicted octanol–water partition coefficient (Wildman–Crippen LogP) is 24.8. The average molecular weight is 1150 g/mol. The lowest BCUT2D eigenvalue weighted by atomic mass is 10.0. The minimum absolute atomic E-state index is 0.0750. The van der Waals surface area contributed by atoms with Crippen molar-refractivity contribution in [3.63, 3.8) is 0 Å². The lowest BCUT2D eigenvalue weighted by molar-refractivity contribution is -0.167. The second kappa shape index (κ2) is 70.3. The fraction of sp³-hybridized carbons (Fsp3) is 0.803. The van der Waals surface area contributed by atoms with Crippen LogP contribution in [-0.4, -0.2) is 37.2 Å². The van der Waals surface area contributed by atoms with Crippen molar-refractivity contribution in [2.24, 2.45) is 0 Å². The second-order valence-corrected chi connectivity index (χ2v) is 24.1. The van der Waals surface area contributed by atoms with E-state index >= 15 is 0 Å². The van der Waals surface area contributed by atoms with E-state index in [4.69, 9.17) is 14.2 Å². The number of rotatable bonds is 66. The number of carbonyl (C=O) groups excluding carboxylic acids is 3. The molecule has 476 valence electrons. The molecule has 0 rings (SSSR count). The highest BCUT2D eigenvalue weighted by atomic mass is 16.6. The zero-order valence-corrected chi connectivity index (χ0v) is 54.8. The summed E-state index contributed by atoms with van der Waals surface area (Å²) in [7, 11) is 0. The van der Waals surface area contributed by atoms with Gasteiger partial charge in [-0.2, -0.15) is 0 Å². The van der Waals surface area contributed by atoms with Crippen LogP contribution >= 0.6 is 0 Å². The SMILES string of the molecule is CC/C=C\C/C=C\C/C=C\C/C=C\C/C=C\CCCCCCCCCC(=O)OCC(COC(=O)CCCCCCCCCCCCCCCCCCCC)OC(=O)CCCCCCCCCCCCC/C=C\CCCCCCCCCC. The summed E-state index contributed by atoms with van der Waals surface area (Å²) in [6.45, 7) is 6.58. The van der Waals surface area contributed by atoms with Gasteiger partial charge in [-0.05, 0) is 89.9 Å². The van der Waals surface area contributed by atoms with Crippen molar-refractivity contribution in [2.45, 2.75) is 380 Å². The maximum absolute atomic E-state index is 13.0. The van der Waals surface area contributed by atoms with Gasteiger partial charge in [0.1, 0.15) is 13.2 Å². The Kier molecular flexibility index (Phi) is 67.6. The molecule has 82 heavy (non-hydrogen) atoms. The topological polar surface area (TPSA) is 78.9 Å². The Morgan fingerprint density at radius 3 is 0.756 bits per heavy atom. The maximum Gasteiger partial charge on any atom is 0.306 e. The second-order valence-electron chi connectivity index (χ2n) is 24.1. The normalized spacial score (nSPS) is 12.5. The van der Waals surface area contributed by atoms with E-state index in [9.17, 15) is 14.4 Å². The van der Waals surface area contributed by atoms with E-state index in [2.05, 4.69) is 93.7 Å². The van der Waals surface area contributed by atoms with Gasteiger partial charge in [0, 0.05) is 19.3 Å². The van der Waals surface area contributed by atoms with Gasteiger partial charge in [-0.1, -0.05) is 338 Å². The number of allylic oxidation sites excluding steroid dienone is 12. The first-order valence-corrected chi connectivity index (χ1v) is 35.9. The van der Waals surface area contributed by atoms with Crippen molar-refractivity contribution >= 4 is 17.9 Å². The van der Waals surface area contributed by atoms with E-state index in [0.717, 1.165) is 96.3 Å². The maximum atomic E-state index is 13.0. The Hall–Kier alpha value is -3.15. The van der Waals surface area contributed by atoms with E-state index in [1.807, 2.05) is 0 Å². The molecule has 6 nitrogen and oxygen atoms in total. The Morgan fingerprint density at radius 1 is 0.256 bits per heavy atom. The van der Waals surface area contributed by atoms with Crippen molar-refractivity contribution in [2.75, 3.05) is 13.2 Å². The standard InChI is InChI=1S/C76H136O6/c1-4-7-10-13-16-19-22-25-28-31-34-36-38-40-42-45-48-51-54-57-60-63-66-69-75(78)81-72-73(71-80-74(77)68-65-62-59-56-53-50-47-44-33-30-27-24-21-18-15-12-9-6-3)82-76(79)70-67-64-61-58-55-52-49-46-43-41-39-37-35-32-29-26-23-20-17-14-11-8-5-2/h7,10,16,19,25,28,32,34-36,40,42,73H,4-6,8-9,11-15,17-18,20-24,26-27,29-31,33,37-39,41,43-72H2,1-3H3/b10-7-,19-16-,28-25-,35-32-,36-34-,42-40-. The van der Waals surface area contributed by atoms with Crippen LogP contribution in [-0.2, 0) is 28.6 Å². The molecule has 1 atom stereocenters. The fourth-order valence-corrected chi connectivity index (χ4v) is 10.6. The van der Waals surface area contributed by atoms with Crippen LogP contribution in [0.2, 0.25) is 0 Å². The summed E-state index contributed by atoms with van der Waals surface area (Å²) in [6, 6.07) is 0. The van der Waals surface area contributed by atoms with E-state index in [-0.39, 0.29) is 31.1 Å². The largest absolute Gasteiger partial charge is 0.462 e. The number of esters is 3. The zero-order valence-electron chi connectivity index (χ0n) is 54.8. The third-order valence-electron chi connectivity index (χ3n) is 15.9. The molecule has 0 aliphatic heterocycles. The molecule has 0 spiro atoms. The van der Waals surface area contributed by atoms with Gasteiger partial charge in [-0.3, -0.25) is 14.4 Å². The summed E-state index contributed by atoms with van der Waals surface area (Å²) in [4.78, 5) is 38.5. The highest BCUT2D eigenvalue weighted by Crippen LogP contribution is 2.18. The van der Waals surface area contributed by atoms with Crippen LogP contribution in [0.5, 0.6) is 0 Å². The summed E-state index contributed by atoms with van der Waals surface area (Å²) in [5, 5.41) is 0. The predicted molar refractivity (Wildman–Crippen MR) is 358 cm³/mol. The van der Waals surface area contributed by atoms with Gasteiger partial charge < -0.3 is 14.2 Å². The minimum Gasteiger partial charge on any atom is -0.462 e. The highest BCUT2D eigenvalue weighted by Gasteiger charge is 2.19. The van der Waals surface area contributed by atoms with Gasteiger partial charge in [0.25, 0.3) is 0 Å². The van der Waals surface area contributed by atoms with Crippen LogP contribution in [0.25, 0.3) is 0 Å². The molecule has 0 radical (unpaired) electrons. The van der Waals surface area contributed by atoms with E-state index < -0.39 is 6.10 Å². The summed E-state index contributed by atoms with van der Waals surface area (Å²) >= 11 is 0. The molecule has 0 aromatic carbocycles. The molecule has 0 amide bonds. The van der Waals surface area contributed by atoms with Gasteiger partial charge in [-0.25, -0.2) is 0 Å². The number of carbonyl (C=O) groups is 3. The van der Waals surface area contributed by atoms with Gasteiger partial charge in [0.05, 0.1) is 0 Å². The monoisotopic (exact) mass is 1150 g/mol. The molecule has 1 unspecified atom stereocenters. The molecule has 0 aromatic heterocycles. The molecule has 0 aromatic rings. The summed E-state index contributed by atoms with van der Waals surface area (Å²) in [5.74, 6) is -0.863. The van der Waals surface area contributed by atoms with Crippen molar-refractivity contribution in [3.05, 3.63) is 72.9 Å². The molecule has 0 saturated heterocycles. The van der Waals surface area contributed by atoms with E-state index in [1.54, 1.807) is 0 Å². The third-order valence-corrected chi connectivity index (χ3v) is 15.9. The van der Waals surface area contributed by atoms with Crippen LogP contribution in [0.4, 0.5) is 0 Å². The molecule has 0 heterocycles. The Morgan fingerprint density at radius 2 is 0.476 bits per heavy atom. The van der Waals surface area contributed by atoms with Crippen LogP contribution in [0.15, 0.2) is 72.9 Å². The Labute approximate surface area is 510 Å². The van der Waals surface area contributed by atoms with Crippen LogP contribution in [0, 0.1) is 0 Å². The summed E-state index contributed by atoms with van der Waals surface area (Å²) in [6.07, 6.45) is 92.1. The smallest absolute Gasteiger partial charge is 0.306 e. The highest BCUT2D eigenvalue weighted by molar-refractivity contribution is 5.71. The first-order chi connectivity index (χ1) is 40.5. The van der Waals surface area contributed by atoms with E-state index in [1.165, 1.54) is 238 Å². The van der Waals surface area contributed by atoms with Gasteiger partial charge in [0.15, 0.2) is 6.10 Å². The number of hydrogen-bond donors (Lipinski definition) is 0. The molecular weight excluding hydrogens is 1010 g/mol. The number of hydrogen-bond acceptors (Lipinski definition) is 6. The van der Waals surface area contributed by atoms with Gasteiger partial charge in [0.2, 0.25) is 0 Å². The van der Waals surface area contributed by atoms with Crippen LogP contribution in [0.3, 0.4) is 0 Å². The first-order valence-electron chi connectivity index (χ1n) is 35.9. The number of unbranched alkanes of at least 4 members (excludes halogenated alkanes) is 43. The lowest BCUT2D eigenvalue weighted by Crippen LogP contribution is -2.30. The molecule has 0 bridgehead atoms. The van der Waals surface area contributed by atoms with E-state index in [0.29, 0.717) is 19.3 Å². The quantitative estimate of drug-likeness (QED) is 0.0261. The third kappa shape index (κ3) is 67.6. The van der Waals surface area contributed by atoms with Crippen LogP contribution in [0.1, 0.15) is 374 Å². The van der Waals surface area contributed by atoms with Crippen molar-refractivity contribution < 1.29 is 28.6 Å². The van der Waals surface area contributed by atoms with Gasteiger partial charge >= 0.3 is 17.9 Å². The molecule has 0 aliphatic carbocycles. The molecule has 0 saturated carbocycles. The first kappa shape index (κ1) is 78.8. The van der Waals surface area contributed by atoms with Crippen LogP contribution < -0.4 is 0 Å². The summed E-state index contributed by atoms with van der Waals surface area (Å²) < 4.78 is 17.0. The summed E-state index contributed by atoms with van der Waals surface area (Å²) in [5.41, 5.74) is 0. The molecular formula is C76H136O6. The number of ether oxygens (including phenoxy) is 3. The molecule has 6 heteroatoms. The van der Waals surface area contributed by atoms with Gasteiger partial charge in [-0.15, -0.1) is 0 Å². The Balaban J connectivity index is 4.36. The zero-order chi connectivity index (χ0) is 59.2. The fourth-order valence-electron chi connectivity index (χ4n) is 10.6. The lowest BCUT2D eigenvalue weighted by Gasteiger charge is -2.18. The molecule has 0 aliphatic rings.